The molecule has 1 heterocycles. The number of hydrogen-bond acceptors (Lipinski definition) is 2. The summed E-state index contributed by atoms with van der Waals surface area (Å²) in [7, 11) is 0. The van der Waals surface area contributed by atoms with Crippen molar-refractivity contribution in [1.29, 1.82) is 0 Å². The summed E-state index contributed by atoms with van der Waals surface area (Å²) >= 11 is 1.51. The lowest BCUT2D eigenvalue weighted by molar-refractivity contribution is 1.15. The quantitative estimate of drug-likeness (QED) is 0.630. The van der Waals surface area contributed by atoms with Gasteiger partial charge >= 0.3 is 0 Å². The highest BCUT2D eigenvalue weighted by Crippen LogP contribution is 2.26. The van der Waals surface area contributed by atoms with E-state index in [0.717, 1.165) is 12.1 Å². The largest absolute Gasteiger partial charge is 0.193 e. The number of fused-ring (bicyclic) bond motifs is 1. The van der Waals surface area contributed by atoms with Crippen molar-refractivity contribution >= 4 is 11.5 Å². The molecule has 2 rings (SSSR count). The molecule has 0 aromatic carbocycles. The zero-order valence-electron chi connectivity index (χ0n) is 6.37. The van der Waals surface area contributed by atoms with E-state index in [1.165, 1.54) is 22.7 Å². The van der Waals surface area contributed by atoms with E-state index in [2.05, 4.69) is 29.5 Å². The third-order valence-electron chi connectivity index (χ3n) is 1.89. The lowest BCUT2D eigenvalue weighted by Crippen LogP contribution is -1.80. The molecule has 0 N–H and O–H groups in total. The topological polar surface area (TPSA) is 12.9 Å². The average molecular weight is 163 g/mol. The van der Waals surface area contributed by atoms with Gasteiger partial charge in [0.2, 0.25) is 0 Å². The molecule has 0 spiro atoms. The molecule has 0 saturated carbocycles. The van der Waals surface area contributed by atoms with Gasteiger partial charge in [-0.15, -0.1) is 0 Å². The Bertz CT molecular complexity index is 326. The maximum Gasteiger partial charge on any atom is 0.0835 e. The second-order valence-corrected chi connectivity index (χ2v) is 3.18. The Balaban J connectivity index is 2.64. The van der Waals surface area contributed by atoms with Crippen LogP contribution >= 0.6 is 11.5 Å². The minimum Gasteiger partial charge on any atom is -0.193 e. The Morgan fingerprint density at radius 1 is 1.36 bits per heavy atom. The van der Waals surface area contributed by atoms with Gasteiger partial charge in [-0.2, -0.15) is 4.37 Å². The van der Waals surface area contributed by atoms with Crippen LogP contribution in [0.4, 0.5) is 0 Å². The second kappa shape index (κ2) is 2.62. The Labute approximate surface area is 70.2 Å². The van der Waals surface area contributed by atoms with Crippen LogP contribution in [-0.4, -0.2) is 4.37 Å². The fraction of sp³-hybridized carbons (Fsp3) is 0.222. The highest BCUT2D eigenvalue weighted by atomic mass is 32.1. The van der Waals surface area contributed by atoms with E-state index in [0.29, 0.717) is 0 Å². The standard InChI is InChI=1S/C9H9NS/c1-2-7-3-4-9-8(7)5-6-11-10-9/h3-6H,2H2,1H3. The van der Waals surface area contributed by atoms with Gasteiger partial charge in [0.25, 0.3) is 0 Å². The van der Waals surface area contributed by atoms with Crippen molar-refractivity contribution in [1.82, 2.24) is 4.37 Å². The highest BCUT2D eigenvalue weighted by molar-refractivity contribution is 7.03. The minimum atomic E-state index is 1.10. The van der Waals surface area contributed by atoms with Crippen LogP contribution in [0.1, 0.15) is 12.5 Å². The van der Waals surface area contributed by atoms with Gasteiger partial charge in [0.15, 0.2) is 0 Å². The van der Waals surface area contributed by atoms with E-state index < -0.39 is 0 Å². The number of nitrogens with zero attached hydrogens (tertiary/aromatic N) is 1. The predicted octanol–water partition coefficient (Wildman–Crippen LogP) is 2.81. The molecule has 2 aliphatic rings. The van der Waals surface area contributed by atoms with E-state index in [-0.39, 0.29) is 0 Å². The van der Waals surface area contributed by atoms with Crippen LogP contribution in [-0.2, 0) is 6.42 Å². The van der Waals surface area contributed by atoms with Gasteiger partial charge in [-0.25, -0.2) is 0 Å². The fourth-order valence-electron chi connectivity index (χ4n) is 1.29. The van der Waals surface area contributed by atoms with E-state index in [1.54, 1.807) is 0 Å². The summed E-state index contributed by atoms with van der Waals surface area (Å²) in [5.41, 5.74) is 3.85. The van der Waals surface area contributed by atoms with Gasteiger partial charge in [-0.1, -0.05) is 13.0 Å². The second-order valence-electron chi connectivity index (χ2n) is 2.51. The first-order valence-corrected chi connectivity index (χ1v) is 4.57. The van der Waals surface area contributed by atoms with Crippen LogP contribution in [0, 0.1) is 0 Å². The Morgan fingerprint density at radius 2 is 2.27 bits per heavy atom. The zero-order chi connectivity index (χ0) is 7.68. The maximum atomic E-state index is 4.29. The first-order chi connectivity index (χ1) is 5.42. The van der Waals surface area contributed by atoms with Gasteiger partial charge < -0.3 is 0 Å². The monoisotopic (exact) mass is 163 g/mol. The molecular formula is C9H9NS. The van der Waals surface area contributed by atoms with Crippen LogP contribution in [0.15, 0.2) is 23.6 Å². The van der Waals surface area contributed by atoms with Gasteiger partial charge in [0, 0.05) is 10.9 Å². The van der Waals surface area contributed by atoms with Gasteiger partial charge in [0.05, 0.1) is 5.69 Å². The molecule has 2 heteroatoms. The first-order valence-electron chi connectivity index (χ1n) is 3.74. The van der Waals surface area contributed by atoms with Crippen LogP contribution in [0.3, 0.4) is 0 Å². The summed E-state index contributed by atoms with van der Waals surface area (Å²) in [6.07, 6.45) is 1.10. The molecule has 56 valence electrons. The summed E-state index contributed by atoms with van der Waals surface area (Å²) in [5, 5.41) is 2.03. The molecule has 0 atom stereocenters. The summed E-state index contributed by atoms with van der Waals surface area (Å²) in [4.78, 5) is 0. The first kappa shape index (κ1) is 6.80. The zero-order valence-corrected chi connectivity index (χ0v) is 7.19. The summed E-state index contributed by atoms with van der Waals surface area (Å²) in [5.74, 6) is 0. The van der Waals surface area contributed by atoms with Crippen molar-refractivity contribution in [2.45, 2.75) is 13.3 Å². The molecule has 1 aliphatic carbocycles. The van der Waals surface area contributed by atoms with Crippen molar-refractivity contribution in [3.63, 3.8) is 0 Å². The third-order valence-corrected chi connectivity index (χ3v) is 2.45. The predicted molar refractivity (Wildman–Crippen MR) is 48.1 cm³/mol. The smallest absolute Gasteiger partial charge is 0.0835 e. The average Bonchev–Trinajstić information content (AvgIpc) is 2.47. The maximum absolute atomic E-state index is 4.29. The number of aromatic nitrogens is 1. The lowest BCUT2D eigenvalue weighted by atomic mass is 10.1. The molecule has 1 aliphatic heterocycles. The molecule has 0 saturated heterocycles. The van der Waals surface area contributed by atoms with Crippen molar-refractivity contribution in [2.75, 3.05) is 0 Å². The van der Waals surface area contributed by atoms with Gasteiger partial charge in [0.1, 0.15) is 0 Å². The van der Waals surface area contributed by atoms with Crippen LogP contribution in [0.5, 0.6) is 0 Å². The van der Waals surface area contributed by atoms with Crippen molar-refractivity contribution in [3.8, 4) is 11.3 Å². The molecule has 0 fully saturated rings. The fourth-order valence-corrected chi connectivity index (χ4v) is 1.82. The third kappa shape index (κ3) is 1.03. The van der Waals surface area contributed by atoms with E-state index >= 15 is 0 Å². The van der Waals surface area contributed by atoms with Gasteiger partial charge in [-0.3, -0.25) is 0 Å². The lowest BCUT2D eigenvalue weighted by Gasteiger charge is -1.97. The van der Waals surface area contributed by atoms with Crippen molar-refractivity contribution in [3.05, 3.63) is 29.1 Å². The minimum absolute atomic E-state index is 1.10. The molecule has 0 amide bonds. The number of rotatable bonds is 1. The van der Waals surface area contributed by atoms with E-state index in [9.17, 15) is 0 Å². The molecule has 1 nitrogen and oxygen atoms in total. The summed E-state index contributed by atoms with van der Waals surface area (Å²) < 4.78 is 4.29. The van der Waals surface area contributed by atoms with E-state index in [4.69, 9.17) is 0 Å². The van der Waals surface area contributed by atoms with Crippen LogP contribution in [0.2, 0.25) is 0 Å². The highest BCUT2D eigenvalue weighted by Gasteiger charge is 2.06. The molecule has 0 aromatic rings. The molecule has 0 unspecified atom stereocenters. The summed E-state index contributed by atoms with van der Waals surface area (Å²) in [6.45, 7) is 2.17. The Kier molecular flexibility index (Phi) is 1.62. The molecule has 0 radical (unpaired) electrons. The van der Waals surface area contributed by atoms with Crippen LogP contribution in [0.25, 0.3) is 11.3 Å². The van der Waals surface area contributed by atoms with E-state index in [1.807, 2.05) is 5.38 Å². The Hall–Kier alpha value is -0.890. The van der Waals surface area contributed by atoms with Crippen molar-refractivity contribution < 1.29 is 0 Å². The number of aryl methyl sites for hydroxylation is 1. The summed E-state index contributed by atoms with van der Waals surface area (Å²) in [6, 6.07) is 6.39. The molecule has 0 aromatic heterocycles. The van der Waals surface area contributed by atoms with Crippen LogP contribution < -0.4 is 0 Å². The number of hydrogen-bond donors (Lipinski definition) is 0. The SMILES string of the molecule is CCc1ccc2nsccc1-2. The Morgan fingerprint density at radius 3 is 3.09 bits per heavy atom. The molecular weight excluding hydrogens is 154 g/mol. The molecule has 0 bridgehead atoms. The molecule has 11 heavy (non-hydrogen) atoms. The normalized spacial score (nSPS) is 10.6. The van der Waals surface area contributed by atoms with Gasteiger partial charge in [-0.05, 0) is 35.6 Å². The van der Waals surface area contributed by atoms with Crippen molar-refractivity contribution in [2.24, 2.45) is 0 Å².